The van der Waals surface area contributed by atoms with Gasteiger partial charge in [-0.2, -0.15) is 13.2 Å². The topological polar surface area (TPSA) is 29.1 Å². The fraction of sp³-hybridized carbons (Fsp3) is 0.0625. The molecule has 0 heterocycles. The van der Waals surface area contributed by atoms with Crippen molar-refractivity contribution in [1.82, 2.24) is 0 Å². The third-order valence-electron chi connectivity index (χ3n) is 2.85. The molecule has 0 unspecified atom stereocenters. The molecule has 120 valence electrons. The number of hydrogen-bond donors (Lipinski definition) is 1. The number of carbonyl (C=O) groups is 1. The monoisotopic (exact) mass is 403 g/mol. The van der Waals surface area contributed by atoms with Crippen LogP contribution in [0.2, 0.25) is 5.02 Å². The van der Waals surface area contributed by atoms with Gasteiger partial charge in [0.2, 0.25) is 5.91 Å². The van der Waals surface area contributed by atoms with Gasteiger partial charge in [-0.25, -0.2) is 0 Å². The molecule has 0 aromatic heterocycles. The van der Waals surface area contributed by atoms with Gasteiger partial charge >= 0.3 is 6.18 Å². The molecule has 1 amide bonds. The second kappa shape index (κ2) is 7.19. The van der Waals surface area contributed by atoms with Gasteiger partial charge in [0.15, 0.2) is 0 Å². The van der Waals surface area contributed by atoms with E-state index in [0.717, 1.165) is 28.2 Å². The molecule has 0 fully saturated rings. The smallest absolute Gasteiger partial charge is 0.321 e. The Morgan fingerprint density at radius 3 is 2.39 bits per heavy atom. The second-order valence-corrected chi connectivity index (χ2v) is 5.89. The Labute approximate surface area is 144 Å². The molecule has 2 nitrogen and oxygen atoms in total. The second-order valence-electron chi connectivity index (χ2n) is 4.57. The summed E-state index contributed by atoms with van der Waals surface area (Å²) >= 11 is 9.10. The first-order valence-corrected chi connectivity index (χ1v) is 7.54. The van der Waals surface area contributed by atoms with Crippen molar-refractivity contribution in [1.29, 1.82) is 0 Å². The molecule has 7 heteroatoms. The minimum Gasteiger partial charge on any atom is -0.321 e. The van der Waals surface area contributed by atoms with Crippen LogP contribution in [0.3, 0.4) is 0 Å². The molecule has 0 atom stereocenters. The minimum atomic E-state index is -4.50. The van der Waals surface area contributed by atoms with Crippen LogP contribution in [0, 0.1) is 0 Å². The van der Waals surface area contributed by atoms with E-state index >= 15 is 0 Å². The number of carbonyl (C=O) groups excluding carboxylic acids is 1. The maximum absolute atomic E-state index is 12.7. The summed E-state index contributed by atoms with van der Waals surface area (Å²) in [6.07, 6.45) is -1.74. The van der Waals surface area contributed by atoms with Gasteiger partial charge in [0.25, 0.3) is 0 Å². The predicted molar refractivity (Wildman–Crippen MR) is 88.3 cm³/mol. The van der Waals surface area contributed by atoms with Crippen molar-refractivity contribution in [2.75, 3.05) is 5.32 Å². The maximum atomic E-state index is 12.7. The van der Waals surface area contributed by atoms with Crippen LogP contribution in [-0.2, 0) is 11.0 Å². The largest absolute Gasteiger partial charge is 0.416 e. The molecule has 0 bridgehead atoms. The third kappa shape index (κ3) is 5.11. The van der Waals surface area contributed by atoms with E-state index in [9.17, 15) is 18.0 Å². The zero-order valence-corrected chi connectivity index (χ0v) is 13.8. The third-order valence-corrected chi connectivity index (χ3v) is 3.71. The van der Waals surface area contributed by atoms with E-state index in [2.05, 4.69) is 21.2 Å². The van der Waals surface area contributed by atoms with E-state index in [1.807, 2.05) is 0 Å². The van der Waals surface area contributed by atoms with E-state index in [1.54, 1.807) is 30.3 Å². The fourth-order valence-corrected chi connectivity index (χ4v) is 2.15. The first-order chi connectivity index (χ1) is 10.8. The van der Waals surface area contributed by atoms with Gasteiger partial charge in [0.05, 0.1) is 16.3 Å². The van der Waals surface area contributed by atoms with Crippen LogP contribution in [0.4, 0.5) is 18.9 Å². The molecule has 0 saturated heterocycles. The molecular weight excluding hydrogens is 395 g/mol. The quantitative estimate of drug-likeness (QED) is 0.646. The highest BCUT2D eigenvalue weighted by atomic mass is 79.9. The number of nitrogens with one attached hydrogen (secondary N) is 1. The van der Waals surface area contributed by atoms with Crippen molar-refractivity contribution < 1.29 is 18.0 Å². The lowest BCUT2D eigenvalue weighted by Crippen LogP contribution is -2.11. The van der Waals surface area contributed by atoms with E-state index < -0.39 is 17.6 Å². The molecule has 2 rings (SSSR count). The average molecular weight is 405 g/mol. The Kier molecular flexibility index (Phi) is 5.49. The summed E-state index contributed by atoms with van der Waals surface area (Å²) in [6, 6.07) is 9.93. The molecule has 0 radical (unpaired) electrons. The summed E-state index contributed by atoms with van der Waals surface area (Å²) in [5.41, 5.74) is -0.195. The van der Waals surface area contributed by atoms with Crippen LogP contribution in [0.1, 0.15) is 11.1 Å². The molecule has 0 aliphatic heterocycles. The van der Waals surface area contributed by atoms with E-state index in [0.29, 0.717) is 0 Å². The number of rotatable bonds is 3. The van der Waals surface area contributed by atoms with E-state index in [-0.39, 0.29) is 10.7 Å². The van der Waals surface area contributed by atoms with Gasteiger partial charge in [-0.15, -0.1) is 0 Å². The minimum absolute atomic E-state index is 0.0309. The normalized spacial score (nSPS) is 11.7. The summed E-state index contributed by atoms with van der Waals surface area (Å²) in [7, 11) is 0. The van der Waals surface area contributed by atoms with Crippen LogP contribution >= 0.6 is 27.5 Å². The molecule has 2 aromatic carbocycles. The lowest BCUT2D eigenvalue weighted by molar-refractivity contribution is -0.137. The molecule has 0 saturated carbocycles. The van der Waals surface area contributed by atoms with Gasteiger partial charge in [-0.1, -0.05) is 39.7 Å². The molecule has 0 aliphatic rings. The lowest BCUT2D eigenvalue weighted by atomic mass is 10.2. The Bertz CT molecular complexity index is 742. The Morgan fingerprint density at radius 1 is 1.13 bits per heavy atom. The SMILES string of the molecule is O=C(C=Cc1ccc(Br)cc1)Nc1cc(C(F)(F)F)ccc1Cl. The lowest BCUT2D eigenvalue weighted by Gasteiger charge is -2.10. The number of amides is 1. The van der Waals surface area contributed by atoms with Crippen LogP contribution in [0.5, 0.6) is 0 Å². The number of anilines is 1. The predicted octanol–water partition coefficient (Wildman–Crippen LogP) is 5.77. The van der Waals surface area contributed by atoms with E-state index in [1.165, 1.54) is 6.08 Å². The Morgan fingerprint density at radius 2 is 1.78 bits per heavy atom. The highest BCUT2D eigenvalue weighted by Crippen LogP contribution is 2.33. The first-order valence-electron chi connectivity index (χ1n) is 6.37. The highest BCUT2D eigenvalue weighted by molar-refractivity contribution is 9.10. The standard InChI is InChI=1S/C16H10BrClF3NO/c17-12-5-1-10(2-6-12)3-8-15(23)22-14-9-11(16(19,20)21)4-7-13(14)18/h1-9H,(H,22,23). The maximum Gasteiger partial charge on any atom is 0.416 e. The molecule has 0 spiro atoms. The molecule has 23 heavy (non-hydrogen) atoms. The van der Waals surface area contributed by atoms with Gasteiger partial charge in [0.1, 0.15) is 0 Å². The number of benzene rings is 2. The molecule has 2 aromatic rings. The van der Waals surface area contributed by atoms with Crippen LogP contribution < -0.4 is 5.32 Å². The average Bonchev–Trinajstić information content (AvgIpc) is 2.48. The van der Waals surface area contributed by atoms with Crippen LogP contribution in [-0.4, -0.2) is 5.91 Å². The van der Waals surface area contributed by atoms with Crippen molar-refractivity contribution >= 4 is 45.2 Å². The summed E-state index contributed by atoms with van der Waals surface area (Å²) in [4.78, 5) is 11.8. The summed E-state index contributed by atoms with van der Waals surface area (Å²) in [5, 5.41) is 2.37. The summed E-state index contributed by atoms with van der Waals surface area (Å²) in [6.45, 7) is 0. The molecule has 1 N–H and O–H groups in total. The van der Waals surface area contributed by atoms with Crippen molar-refractivity contribution in [3.63, 3.8) is 0 Å². The number of halogens is 5. The molecular formula is C16H10BrClF3NO. The fourth-order valence-electron chi connectivity index (χ4n) is 1.72. The van der Waals surface area contributed by atoms with Gasteiger partial charge in [-0.05, 0) is 42.0 Å². The van der Waals surface area contributed by atoms with Crippen molar-refractivity contribution in [2.45, 2.75) is 6.18 Å². The first kappa shape index (κ1) is 17.6. The Hall–Kier alpha value is -1.79. The van der Waals surface area contributed by atoms with Crippen molar-refractivity contribution in [3.05, 3.63) is 69.2 Å². The number of alkyl halides is 3. The van der Waals surface area contributed by atoms with Crippen LogP contribution in [0.15, 0.2) is 53.0 Å². The highest BCUT2D eigenvalue weighted by Gasteiger charge is 2.31. The zero-order valence-electron chi connectivity index (χ0n) is 11.5. The van der Waals surface area contributed by atoms with Crippen LogP contribution in [0.25, 0.3) is 6.08 Å². The van der Waals surface area contributed by atoms with Crippen molar-refractivity contribution in [2.24, 2.45) is 0 Å². The molecule has 0 aliphatic carbocycles. The number of hydrogen-bond acceptors (Lipinski definition) is 1. The summed E-state index contributed by atoms with van der Waals surface area (Å²) in [5.74, 6) is -0.575. The van der Waals surface area contributed by atoms with Gasteiger partial charge in [-0.3, -0.25) is 4.79 Å². The zero-order chi connectivity index (χ0) is 17.0. The Balaban J connectivity index is 2.12. The summed E-state index contributed by atoms with van der Waals surface area (Å²) < 4.78 is 38.9. The van der Waals surface area contributed by atoms with Gasteiger partial charge in [0, 0.05) is 10.5 Å². The van der Waals surface area contributed by atoms with Gasteiger partial charge < -0.3 is 5.32 Å². The van der Waals surface area contributed by atoms with E-state index in [4.69, 9.17) is 11.6 Å². The van der Waals surface area contributed by atoms with Crippen molar-refractivity contribution in [3.8, 4) is 0 Å².